The predicted molar refractivity (Wildman–Crippen MR) is 197 cm³/mol. The van der Waals surface area contributed by atoms with Crippen molar-refractivity contribution in [3.05, 3.63) is 130 Å². The molecule has 0 unspecified atom stereocenters. The van der Waals surface area contributed by atoms with Crippen molar-refractivity contribution in [1.29, 1.82) is 0 Å². The summed E-state index contributed by atoms with van der Waals surface area (Å²) in [5.74, 6) is 3.66. The van der Waals surface area contributed by atoms with Crippen molar-refractivity contribution in [2.24, 2.45) is 5.16 Å². The van der Waals surface area contributed by atoms with Crippen LogP contribution >= 0.6 is 34.9 Å². The molecule has 0 aliphatic carbocycles. The number of hydrogen-bond acceptors (Lipinski definition) is 14. The number of carbonyl (C=O) groups is 3. The Hall–Kier alpha value is -5.72. The third-order valence-electron chi connectivity index (χ3n) is 8.43. The van der Waals surface area contributed by atoms with Crippen LogP contribution in [0.3, 0.4) is 0 Å². The number of nitrogens with zero attached hydrogens (tertiary/aromatic N) is 7. The summed E-state index contributed by atoms with van der Waals surface area (Å²) >= 11 is 3.77. The number of thiazole rings is 1. The van der Waals surface area contributed by atoms with Gasteiger partial charge in [0.15, 0.2) is 10.8 Å². The number of aromatic nitrogens is 5. The Morgan fingerprint density at radius 1 is 1.04 bits per heavy atom. The molecule has 2 amide bonds. The number of nitrogens with two attached hydrogens (primary N) is 1. The van der Waals surface area contributed by atoms with E-state index in [9.17, 15) is 19.5 Å². The van der Waals surface area contributed by atoms with Crippen molar-refractivity contribution in [2.75, 3.05) is 29.8 Å². The van der Waals surface area contributed by atoms with Gasteiger partial charge in [-0.2, -0.15) is 0 Å². The lowest BCUT2D eigenvalue weighted by Gasteiger charge is -2.49. The van der Waals surface area contributed by atoms with Gasteiger partial charge < -0.3 is 26.4 Å². The Kier molecular flexibility index (Phi) is 9.92. The number of oxime groups is 1. The number of carbonyl (C=O) groups excluding carboxylic acids is 2. The van der Waals surface area contributed by atoms with Crippen molar-refractivity contribution in [3.63, 3.8) is 0 Å². The fourth-order valence-corrected chi connectivity index (χ4v) is 9.14. The number of benzene rings is 3. The van der Waals surface area contributed by atoms with Crippen LogP contribution in [0.5, 0.6) is 0 Å². The van der Waals surface area contributed by atoms with Crippen molar-refractivity contribution in [1.82, 2.24) is 35.5 Å². The van der Waals surface area contributed by atoms with Crippen LogP contribution in [0, 0.1) is 0 Å². The van der Waals surface area contributed by atoms with Crippen LogP contribution in [0.2, 0.25) is 0 Å². The molecule has 0 radical (unpaired) electrons. The fourth-order valence-electron chi connectivity index (χ4n) is 6.11. The van der Waals surface area contributed by atoms with E-state index < -0.39 is 34.7 Å². The smallest absolute Gasteiger partial charge is 0.352 e. The molecule has 4 heterocycles. The number of amides is 2. The molecule has 0 bridgehead atoms. The number of nitrogen functional groups attached to an aromatic ring is 1. The number of anilines is 1. The van der Waals surface area contributed by atoms with E-state index in [0.717, 1.165) is 33.2 Å². The predicted octanol–water partition coefficient (Wildman–Crippen LogP) is 3.13. The lowest BCUT2D eigenvalue weighted by atomic mass is 9.77. The number of β-lactam (4-membered cyclic amide) rings is 1. The summed E-state index contributed by atoms with van der Waals surface area (Å²) in [5.41, 5.74) is 2.51. The Balaban J connectivity index is 1.13. The second kappa shape index (κ2) is 14.9. The highest BCUT2D eigenvalue weighted by Gasteiger charge is 2.54. The molecule has 18 heteroatoms. The summed E-state index contributed by atoms with van der Waals surface area (Å²) in [4.78, 5) is 51.5. The number of rotatable bonds is 13. The molecule has 2 aromatic heterocycles. The minimum absolute atomic E-state index is 0.137. The highest BCUT2D eigenvalue weighted by molar-refractivity contribution is 8.01. The molecule has 7 rings (SSSR count). The Labute approximate surface area is 309 Å². The van der Waals surface area contributed by atoms with Crippen molar-refractivity contribution >= 4 is 63.5 Å². The van der Waals surface area contributed by atoms with Gasteiger partial charge >= 0.3 is 5.97 Å². The summed E-state index contributed by atoms with van der Waals surface area (Å²) < 4.78 is 0. The van der Waals surface area contributed by atoms with Crippen molar-refractivity contribution < 1.29 is 24.3 Å². The largest absolute Gasteiger partial charge is 0.477 e. The Morgan fingerprint density at radius 3 is 2.19 bits per heavy atom. The Bertz CT molecular complexity index is 2060. The summed E-state index contributed by atoms with van der Waals surface area (Å²) in [6, 6.07) is 29.0. The van der Waals surface area contributed by atoms with Gasteiger partial charge in [-0.3, -0.25) is 14.5 Å². The molecule has 2 atom stereocenters. The molecule has 52 heavy (non-hydrogen) atoms. The first kappa shape index (κ1) is 34.7. The SMILES string of the molecule is CO/N=C(/C(=O)N[C@@H]1C(=O)N2C(C(=O)O)=C(CSc3nnnn3N)CS[C@H]12)c1csc(NC(c2ccccc2)(c2ccccc2)c2ccccc2)n1. The maximum atomic E-state index is 13.7. The van der Waals surface area contributed by atoms with Crippen LogP contribution < -0.4 is 16.5 Å². The molecule has 5 N–H and O–H groups in total. The lowest BCUT2D eigenvalue weighted by Crippen LogP contribution is -2.71. The van der Waals surface area contributed by atoms with E-state index in [1.807, 2.05) is 91.0 Å². The van der Waals surface area contributed by atoms with Crippen LogP contribution in [0.25, 0.3) is 0 Å². The van der Waals surface area contributed by atoms with E-state index in [1.165, 1.54) is 35.1 Å². The van der Waals surface area contributed by atoms with E-state index in [1.54, 1.807) is 5.38 Å². The number of nitrogens with one attached hydrogen (secondary N) is 2. The maximum absolute atomic E-state index is 13.7. The summed E-state index contributed by atoms with van der Waals surface area (Å²) in [6.07, 6.45) is 0. The molecular weight excluding hydrogens is 725 g/mol. The Morgan fingerprint density at radius 2 is 1.65 bits per heavy atom. The highest BCUT2D eigenvalue weighted by atomic mass is 32.2. The van der Waals surface area contributed by atoms with E-state index in [0.29, 0.717) is 21.6 Å². The van der Waals surface area contributed by atoms with Crippen LogP contribution in [0.4, 0.5) is 5.13 Å². The number of hydrogen-bond donors (Lipinski definition) is 4. The molecule has 3 aromatic carbocycles. The molecule has 0 saturated carbocycles. The first-order valence-corrected chi connectivity index (χ1v) is 18.6. The molecular formula is C34H30N10O5S3. The van der Waals surface area contributed by atoms with Gasteiger partial charge in [-0.1, -0.05) is 113 Å². The van der Waals surface area contributed by atoms with Crippen LogP contribution in [-0.2, 0) is 24.8 Å². The molecule has 2 aliphatic rings. The zero-order valence-electron chi connectivity index (χ0n) is 27.3. The first-order chi connectivity index (χ1) is 25.3. The van der Waals surface area contributed by atoms with Gasteiger partial charge in [0.2, 0.25) is 5.16 Å². The third kappa shape index (κ3) is 6.46. The first-order valence-electron chi connectivity index (χ1n) is 15.7. The van der Waals surface area contributed by atoms with Crippen LogP contribution in [0.1, 0.15) is 22.4 Å². The fraction of sp³-hybridized carbons (Fsp3) is 0.176. The molecule has 264 valence electrons. The second-order valence-electron chi connectivity index (χ2n) is 11.4. The van der Waals surface area contributed by atoms with E-state index >= 15 is 0 Å². The van der Waals surface area contributed by atoms with Crippen LogP contribution in [-0.4, -0.2) is 88.8 Å². The van der Waals surface area contributed by atoms with Gasteiger partial charge in [0.05, 0.1) is 0 Å². The number of carboxylic acid groups (broad SMARTS) is 1. The van der Waals surface area contributed by atoms with Gasteiger partial charge in [0.1, 0.15) is 35.5 Å². The van der Waals surface area contributed by atoms with Gasteiger partial charge in [0, 0.05) is 16.9 Å². The number of fused-ring (bicyclic) bond motifs is 1. The topological polar surface area (TPSA) is 203 Å². The zero-order valence-corrected chi connectivity index (χ0v) is 29.8. The number of thioether (sulfide) groups is 2. The monoisotopic (exact) mass is 754 g/mol. The van der Waals surface area contributed by atoms with E-state index in [4.69, 9.17) is 15.7 Å². The highest BCUT2D eigenvalue weighted by Crippen LogP contribution is 2.42. The van der Waals surface area contributed by atoms with Gasteiger partial charge in [-0.25, -0.2) is 9.78 Å². The second-order valence-corrected chi connectivity index (χ2v) is 14.4. The number of aliphatic carboxylic acids is 1. The van der Waals surface area contributed by atoms with Crippen molar-refractivity contribution in [3.8, 4) is 0 Å². The number of carboxylic acids is 1. The third-order valence-corrected chi connectivity index (χ3v) is 11.6. The van der Waals surface area contributed by atoms with E-state index in [2.05, 4.69) is 31.3 Å². The summed E-state index contributed by atoms with van der Waals surface area (Å²) in [7, 11) is 1.31. The summed E-state index contributed by atoms with van der Waals surface area (Å²) in [6.45, 7) is 0. The van der Waals surface area contributed by atoms with Gasteiger partial charge in [-0.15, -0.1) is 27.9 Å². The standard InChI is InChI=1S/C34H30N10O5S3/c1-49-40-25(28(45)37-26-29(46)43-27(31(47)48)20(17-50-30(26)43)18-52-33-39-41-42-44(33)35)24-19-51-32(36-24)38-34(21-11-5-2-6-12-21,22-13-7-3-8-14-22)23-15-9-4-10-16-23/h2-16,19,26,30H,17-18,35H2,1H3,(H,36,38)(H,37,45)(H,47,48)/b40-25+/t26-,30-/m1/s1. The minimum Gasteiger partial charge on any atom is -0.477 e. The van der Waals surface area contributed by atoms with Gasteiger partial charge in [-0.05, 0) is 32.7 Å². The lowest BCUT2D eigenvalue weighted by molar-refractivity contribution is -0.150. The van der Waals surface area contributed by atoms with Crippen molar-refractivity contribution in [2.45, 2.75) is 22.1 Å². The van der Waals surface area contributed by atoms with Crippen LogP contribution in [0.15, 0.2) is 118 Å². The maximum Gasteiger partial charge on any atom is 0.352 e. The van der Waals surface area contributed by atoms with E-state index in [-0.39, 0.29) is 22.9 Å². The molecule has 0 spiro atoms. The van der Waals surface area contributed by atoms with Gasteiger partial charge in [0.25, 0.3) is 11.8 Å². The molecule has 1 saturated heterocycles. The molecule has 1 fully saturated rings. The quantitative estimate of drug-likeness (QED) is 0.0341. The zero-order chi connectivity index (χ0) is 36.2. The average molecular weight is 755 g/mol. The summed E-state index contributed by atoms with van der Waals surface area (Å²) in [5, 5.41) is 33.1. The molecule has 5 aromatic rings. The minimum atomic E-state index is -1.26. The molecule has 2 aliphatic heterocycles. The average Bonchev–Trinajstić information content (AvgIpc) is 3.82. The number of tetrazole rings is 1. The molecule has 15 nitrogen and oxygen atoms in total. The normalized spacial score (nSPS) is 17.3.